The molecule has 0 radical (unpaired) electrons. The molecule has 2 N–H and O–H groups in total. The Morgan fingerprint density at radius 1 is 0.977 bits per heavy atom. The van der Waals surface area contributed by atoms with Gasteiger partial charge in [0.2, 0.25) is 10.0 Å². The van der Waals surface area contributed by atoms with Crippen molar-refractivity contribution in [1.82, 2.24) is 10.2 Å². The Balaban J connectivity index is 1.47. The third kappa shape index (κ3) is 7.12. The molecule has 0 unspecified atom stereocenters. The minimum Gasteiger partial charge on any atom is -0.391 e. The summed E-state index contributed by atoms with van der Waals surface area (Å²) in [6, 6.07) is 15.5. The van der Waals surface area contributed by atoms with Crippen molar-refractivity contribution in [3.8, 4) is 0 Å². The summed E-state index contributed by atoms with van der Waals surface area (Å²) in [6.07, 6.45) is -3.05. The van der Waals surface area contributed by atoms with E-state index in [2.05, 4.69) is 5.32 Å². The molecule has 13 heteroatoms. The first-order valence-corrected chi connectivity index (χ1v) is 16.3. The van der Waals surface area contributed by atoms with Gasteiger partial charge in [0.1, 0.15) is 0 Å². The van der Waals surface area contributed by atoms with Crippen molar-refractivity contribution in [2.24, 2.45) is 0 Å². The van der Waals surface area contributed by atoms with E-state index >= 15 is 0 Å². The molecule has 1 aliphatic heterocycles. The van der Waals surface area contributed by atoms with Gasteiger partial charge in [0.15, 0.2) is 0 Å². The number of hydrogen-bond acceptors (Lipinski definition) is 5. The normalized spacial score (nSPS) is 19.8. The fourth-order valence-corrected chi connectivity index (χ4v) is 7.23. The number of carbonyl (C=O) groups excluding carboxylic acids is 1. The highest BCUT2D eigenvalue weighted by Crippen LogP contribution is 2.39. The van der Waals surface area contributed by atoms with Crippen LogP contribution in [0.2, 0.25) is 10.0 Å². The molecule has 0 spiro atoms. The van der Waals surface area contributed by atoms with Crippen molar-refractivity contribution < 1.29 is 31.5 Å². The fourth-order valence-electron chi connectivity index (χ4n) is 5.82. The van der Waals surface area contributed by atoms with Gasteiger partial charge in [-0.15, -0.1) is 0 Å². The molecule has 1 aliphatic carbocycles. The van der Waals surface area contributed by atoms with E-state index < -0.39 is 45.9 Å². The molecular weight excluding hydrogens is 626 g/mol. The van der Waals surface area contributed by atoms with Crippen molar-refractivity contribution in [2.45, 2.75) is 49.7 Å². The van der Waals surface area contributed by atoms with Crippen LogP contribution in [0.1, 0.15) is 52.4 Å². The summed E-state index contributed by atoms with van der Waals surface area (Å²) in [6.45, 7) is 0.407. The molecule has 0 aromatic heterocycles. The largest absolute Gasteiger partial charge is 0.416 e. The van der Waals surface area contributed by atoms with Crippen LogP contribution in [0.3, 0.4) is 0 Å². The third-order valence-corrected chi connectivity index (χ3v) is 9.60. The number of alkyl halides is 3. The second kappa shape index (κ2) is 12.3. The standard InChI is InChI=1S/C30H30Cl2F3N3O4S/c1-43(41,42)38(24-14-20(13-21(15-24)30(33,34)35)29(40)36-26-3-2-4-27(26)39)25-16-37(17-25)28(18-5-9-22(31)10-6-18)19-7-11-23(32)12-8-19/h5-15,25-28,39H,2-4,16-17H2,1H3,(H,36,40)/t26-,27+/m0/s1. The molecule has 1 heterocycles. The van der Waals surface area contributed by atoms with Crippen LogP contribution >= 0.6 is 23.2 Å². The number of rotatable bonds is 8. The monoisotopic (exact) mass is 655 g/mol. The van der Waals surface area contributed by atoms with Gasteiger partial charge in [0.25, 0.3) is 5.91 Å². The summed E-state index contributed by atoms with van der Waals surface area (Å²) in [4.78, 5) is 15.0. The number of amides is 1. The van der Waals surface area contributed by atoms with Crippen LogP contribution in [0, 0.1) is 0 Å². The summed E-state index contributed by atoms with van der Waals surface area (Å²) in [5, 5.41) is 13.8. The number of likely N-dealkylation sites (tertiary alicyclic amines) is 1. The highest BCUT2D eigenvalue weighted by atomic mass is 35.5. The predicted octanol–water partition coefficient (Wildman–Crippen LogP) is 5.90. The molecule has 2 fully saturated rings. The van der Waals surface area contributed by atoms with Gasteiger partial charge in [-0.05, 0) is 72.9 Å². The molecule has 5 rings (SSSR count). The van der Waals surface area contributed by atoms with Crippen LogP contribution in [0.15, 0.2) is 66.7 Å². The zero-order valence-corrected chi connectivity index (χ0v) is 25.4. The molecule has 1 saturated heterocycles. The van der Waals surface area contributed by atoms with Crippen LogP contribution in [0.5, 0.6) is 0 Å². The Morgan fingerprint density at radius 2 is 1.53 bits per heavy atom. The second-order valence-corrected chi connectivity index (χ2v) is 13.7. The summed E-state index contributed by atoms with van der Waals surface area (Å²) >= 11 is 12.2. The van der Waals surface area contributed by atoms with Gasteiger partial charge in [-0.1, -0.05) is 47.5 Å². The number of carbonyl (C=O) groups is 1. The molecule has 0 bridgehead atoms. The van der Waals surface area contributed by atoms with Crippen LogP contribution in [-0.4, -0.2) is 61.9 Å². The average Bonchev–Trinajstić information content (AvgIpc) is 3.31. The smallest absolute Gasteiger partial charge is 0.391 e. The van der Waals surface area contributed by atoms with E-state index in [0.717, 1.165) is 33.8 Å². The van der Waals surface area contributed by atoms with Crippen LogP contribution in [0.25, 0.3) is 0 Å². The van der Waals surface area contributed by atoms with E-state index in [-0.39, 0.29) is 30.4 Å². The number of nitrogens with zero attached hydrogens (tertiary/aromatic N) is 2. The van der Waals surface area contributed by atoms with Gasteiger partial charge >= 0.3 is 6.18 Å². The number of halogens is 5. The van der Waals surface area contributed by atoms with E-state index in [1.54, 1.807) is 24.3 Å². The second-order valence-electron chi connectivity index (χ2n) is 11.0. The molecule has 43 heavy (non-hydrogen) atoms. The Bertz CT molecular complexity index is 1540. The maximum atomic E-state index is 14.0. The van der Waals surface area contributed by atoms with Gasteiger partial charge in [-0.25, -0.2) is 8.42 Å². The van der Waals surface area contributed by atoms with Gasteiger partial charge in [0.05, 0.1) is 41.7 Å². The highest BCUT2D eigenvalue weighted by molar-refractivity contribution is 7.92. The van der Waals surface area contributed by atoms with Crippen LogP contribution < -0.4 is 9.62 Å². The Kier molecular flexibility index (Phi) is 9.02. The maximum absolute atomic E-state index is 14.0. The molecule has 1 saturated carbocycles. The van der Waals surface area contributed by atoms with Crippen molar-refractivity contribution in [2.75, 3.05) is 23.7 Å². The fraction of sp³-hybridized carbons (Fsp3) is 0.367. The summed E-state index contributed by atoms with van der Waals surface area (Å²) in [5.74, 6) is -0.812. The zero-order valence-electron chi connectivity index (χ0n) is 23.1. The topological polar surface area (TPSA) is 90.0 Å². The maximum Gasteiger partial charge on any atom is 0.416 e. The Hall–Kier alpha value is -2.83. The molecule has 7 nitrogen and oxygen atoms in total. The third-order valence-electron chi connectivity index (χ3n) is 7.87. The Labute approximate surface area is 258 Å². The zero-order chi connectivity index (χ0) is 31.1. The lowest BCUT2D eigenvalue weighted by Gasteiger charge is -2.49. The van der Waals surface area contributed by atoms with Crippen molar-refractivity contribution in [3.63, 3.8) is 0 Å². The van der Waals surface area contributed by atoms with Gasteiger partial charge in [0, 0.05) is 28.7 Å². The number of sulfonamides is 1. The van der Waals surface area contributed by atoms with Gasteiger partial charge in [-0.3, -0.25) is 14.0 Å². The SMILES string of the molecule is CS(=O)(=O)N(c1cc(C(=O)N[C@H]2CCC[C@H]2O)cc(C(F)(F)F)c1)C1CN(C(c2ccc(Cl)cc2)c2ccc(Cl)cc2)C1. The number of aliphatic hydroxyl groups is 1. The molecule has 3 aromatic carbocycles. The quantitative estimate of drug-likeness (QED) is 0.316. The number of aliphatic hydroxyl groups excluding tert-OH is 1. The molecule has 2 aliphatic rings. The number of nitrogens with one attached hydrogen (secondary N) is 1. The van der Waals surface area contributed by atoms with Crippen LogP contribution in [-0.2, 0) is 16.2 Å². The van der Waals surface area contributed by atoms with E-state index in [9.17, 15) is 31.5 Å². The molecule has 3 aromatic rings. The number of hydrogen-bond donors (Lipinski definition) is 2. The summed E-state index contributed by atoms with van der Waals surface area (Å²) in [5.41, 5.74) is 0.0427. The number of benzene rings is 3. The first kappa shape index (κ1) is 31.6. The Morgan fingerprint density at radius 3 is 2.00 bits per heavy atom. The van der Waals surface area contributed by atoms with Crippen LogP contribution in [0.4, 0.5) is 18.9 Å². The van der Waals surface area contributed by atoms with Gasteiger partial charge < -0.3 is 10.4 Å². The minimum atomic E-state index is -4.83. The van der Waals surface area contributed by atoms with Crippen molar-refractivity contribution >= 4 is 44.8 Å². The lowest BCUT2D eigenvalue weighted by Crippen LogP contribution is -2.61. The first-order chi connectivity index (χ1) is 20.2. The molecule has 2 atom stereocenters. The van der Waals surface area contributed by atoms with E-state index in [1.807, 2.05) is 29.2 Å². The number of anilines is 1. The molecular formula is C30H30Cl2F3N3O4S. The van der Waals surface area contributed by atoms with Crippen molar-refractivity contribution in [1.29, 1.82) is 0 Å². The van der Waals surface area contributed by atoms with E-state index in [0.29, 0.717) is 35.4 Å². The summed E-state index contributed by atoms with van der Waals surface area (Å²) in [7, 11) is -4.07. The van der Waals surface area contributed by atoms with Gasteiger partial charge in [-0.2, -0.15) is 13.2 Å². The van der Waals surface area contributed by atoms with E-state index in [4.69, 9.17) is 23.2 Å². The van der Waals surface area contributed by atoms with E-state index in [1.165, 1.54) is 0 Å². The average molecular weight is 657 g/mol. The highest BCUT2D eigenvalue weighted by Gasteiger charge is 2.42. The predicted molar refractivity (Wildman–Crippen MR) is 160 cm³/mol. The minimum absolute atomic E-state index is 0.203. The molecule has 1 amide bonds. The summed E-state index contributed by atoms with van der Waals surface area (Å²) < 4.78 is 69.0. The first-order valence-electron chi connectivity index (χ1n) is 13.7. The van der Waals surface area contributed by atoms with Crippen molar-refractivity contribution in [3.05, 3.63) is 99.0 Å². The lowest BCUT2D eigenvalue weighted by atomic mass is 9.93. The molecule has 230 valence electrons. The lowest BCUT2D eigenvalue weighted by molar-refractivity contribution is -0.137.